The third-order valence-corrected chi connectivity index (χ3v) is 6.26. The molecule has 0 aliphatic rings. The highest BCUT2D eigenvalue weighted by Gasteiger charge is 2.19. The van der Waals surface area contributed by atoms with Gasteiger partial charge >= 0.3 is 0 Å². The predicted molar refractivity (Wildman–Crippen MR) is 136 cm³/mol. The van der Waals surface area contributed by atoms with Crippen LogP contribution in [0.3, 0.4) is 0 Å². The second kappa shape index (κ2) is 9.79. The highest BCUT2D eigenvalue weighted by atomic mass is 32.1. The first-order valence-corrected chi connectivity index (χ1v) is 12.0. The van der Waals surface area contributed by atoms with E-state index in [-0.39, 0.29) is 6.10 Å². The number of anilines is 2. The fourth-order valence-corrected chi connectivity index (χ4v) is 4.74. The third-order valence-electron chi connectivity index (χ3n) is 5.25. The topological polar surface area (TPSA) is 51.0 Å². The molecule has 6 nitrogen and oxygen atoms in total. The molecule has 2 aromatic carbocycles. The van der Waals surface area contributed by atoms with Crippen LogP contribution in [0, 0.1) is 0 Å². The van der Waals surface area contributed by atoms with Gasteiger partial charge in [0.25, 0.3) is 0 Å². The van der Waals surface area contributed by atoms with E-state index < -0.39 is 0 Å². The lowest BCUT2D eigenvalue weighted by Crippen LogP contribution is -2.10. The Bertz CT molecular complexity index is 1180. The number of rotatable bonds is 10. The molecule has 7 heteroatoms. The van der Waals surface area contributed by atoms with Crippen molar-refractivity contribution in [3.63, 3.8) is 0 Å². The summed E-state index contributed by atoms with van der Waals surface area (Å²) in [6.07, 6.45) is 1.18. The summed E-state index contributed by atoms with van der Waals surface area (Å²) >= 11 is 1.69. The molecule has 0 radical (unpaired) electrons. The SMILES string of the molecule is CCOc1ccc2c(c1)sc1nc(-c3ccc(N(C)C)cc3)c(NCCCOC(C)C)n12. The number of ether oxygens (including phenoxy) is 2. The van der Waals surface area contributed by atoms with Crippen molar-refractivity contribution in [2.24, 2.45) is 0 Å². The Labute approximate surface area is 193 Å². The number of imidazole rings is 1. The molecule has 0 bridgehead atoms. The second-order valence-electron chi connectivity index (χ2n) is 8.23. The van der Waals surface area contributed by atoms with Gasteiger partial charge in [0.15, 0.2) is 4.96 Å². The average Bonchev–Trinajstić information content (AvgIpc) is 3.29. The van der Waals surface area contributed by atoms with Gasteiger partial charge in [0.05, 0.1) is 22.9 Å². The molecule has 0 fully saturated rings. The van der Waals surface area contributed by atoms with E-state index in [0.29, 0.717) is 6.61 Å². The molecule has 0 aliphatic heterocycles. The van der Waals surface area contributed by atoms with Gasteiger partial charge in [-0.05, 0) is 57.5 Å². The fourth-order valence-electron chi connectivity index (χ4n) is 3.69. The van der Waals surface area contributed by atoms with Crippen LogP contribution >= 0.6 is 11.3 Å². The van der Waals surface area contributed by atoms with Gasteiger partial charge in [0.1, 0.15) is 17.3 Å². The van der Waals surface area contributed by atoms with Gasteiger partial charge in [-0.3, -0.25) is 4.40 Å². The Morgan fingerprint density at radius 1 is 1.12 bits per heavy atom. The van der Waals surface area contributed by atoms with E-state index >= 15 is 0 Å². The molecule has 0 saturated carbocycles. The number of nitrogens with zero attached hydrogens (tertiary/aromatic N) is 3. The zero-order valence-corrected chi connectivity index (χ0v) is 20.3. The highest BCUT2D eigenvalue weighted by molar-refractivity contribution is 7.23. The number of fused-ring (bicyclic) bond motifs is 3. The minimum absolute atomic E-state index is 0.253. The van der Waals surface area contributed by atoms with Crippen LogP contribution in [0.2, 0.25) is 0 Å². The first-order chi connectivity index (χ1) is 15.5. The van der Waals surface area contributed by atoms with Gasteiger partial charge in [-0.1, -0.05) is 23.5 Å². The molecule has 32 heavy (non-hydrogen) atoms. The molecule has 0 amide bonds. The lowest BCUT2D eigenvalue weighted by atomic mass is 10.1. The molecule has 2 aromatic heterocycles. The smallest absolute Gasteiger partial charge is 0.197 e. The maximum Gasteiger partial charge on any atom is 0.197 e. The number of aromatic nitrogens is 2. The van der Waals surface area contributed by atoms with Crippen LogP contribution < -0.4 is 15.0 Å². The molecule has 0 saturated heterocycles. The molecule has 0 unspecified atom stereocenters. The van der Waals surface area contributed by atoms with E-state index in [9.17, 15) is 0 Å². The summed E-state index contributed by atoms with van der Waals surface area (Å²) in [5, 5.41) is 3.65. The van der Waals surface area contributed by atoms with Crippen LogP contribution in [0.5, 0.6) is 5.75 Å². The van der Waals surface area contributed by atoms with Crippen molar-refractivity contribution < 1.29 is 9.47 Å². The Morgan fingerprint density at radius 3 is 2.59 bits per heavy atom. The van der Waals surface area contributed by atoms with Crippen molar-refractivity contribution in [2.75, 3.05) is 44.1 Å². The van der Waals surface area contributed by atoms with E-state index in [1.807, 2.05) is 13.0 Å². The van der Waals surface area contributed by atoms with Gasteiger partial charge in [-0.15, -0.1) is 0 Å². The minimum atomic E-state index is 0.253. The molecule has 4 rings (SSSR count). The van der Waals surface area contributed by atoms with E-state index in [1.165, 1.54) is 10.4 Å². The summed E-state index contributed by atoms with van der Waals surface area (Å²) in [5.74, 6) is 1.92. The molecule has 4 aromatic rings. The molecule has 0 spiro atoms. The van der Waals surface area contributed by atoms with E-state index in [4.69, 9.17) is 14.5 Å². The van der Waals surface area contributed by atoms with Crippen LogP contribution in [-0.2, 0) is 4.74 Å². The fraction of sp³-hybridized carbons (Fsp3) is 0.400. The van der Waals surface area contributed by atoms with Crippen LogP contribution in [0.4, 0.5) is 11.5 Å². The average molecular weight is 453 g/mol. The third kappa shape index (κ3) is 4.69. The van der Waals surface area contributed by atoms with Crippen LogP contribution in [0.1, 0.15) is 27.2 Å². The monoisotopic (exact) mass is 452 g/mol. The van der Waals surface area contributed by atoms with Gasteiger partial charge in [0.2, 0.25) is 0 Å². The first kappa shape index (κ1) is 22.4. The summed E-state index contributed by atoms with van der Waals surface area (Å²) in [5.41, 5.74) is 4.38. The van der Waals surface area contributed by atoms with Crippen molar-refractivity contribution in [2.45, 2.75) is 33.3 Å². The molecule has 0 atom stereocenters. The van der Waals surface area contributed by atoms with Crippen LogP contribution in [-0.4, -0.2) is 49.3 Å². The quantitative estimate of drug-likeness (QED) is 0.303. The van der Waals surface area contributed by atoms with Crippen molar-refractivity contribution in [3.8, 4) is 17.0 Å². The van der Waals surface area contributed by atoms with E-state index in [0.717, 1.165) is 52.9 Å². The van der Waals surface area contributed by atoms with Crippen molar-refractivity contribution in [1.29, 1.82) is 0 Å². The Kier molecular flexibility index (Phi) is 6.86. The van der Waals surface area contributed by atoms with Gasteiger partial charge in [0, 0.05) is 38.5 Å². The second-order valence-corrected chi connectivity index (χ2v) is 9.24. The zero-order chi connectivity index (χ0) is 22.7. The highest BCUT2D eigenvalue weighted by Crippen LogP contribution is 2.37. The standard InChI is InChI=1S/C25H32N4O2S/c1-6-30-20-12-13-21-22(16-20)32-25-27-23(18-8-10-19(11-9-18)28(4)5)24(29(21)25)26-14-7-15-31-17(2)3/h8-13,16-17,26H,6-7,14-15H2,1-5H3. The molecular weight excluding hydrogens is 420 g/mol. The van der Waals surface area contributed by atoms with Gasteiger partial charge in [-0.2, -0.15) is 0 Å². The van der Waals surface area contributed by atoms with Gasteiger partial charge < -0.3 is 19.7 Å². The minimum Gasteiger partial charge on any atom is -0.494 e. The molecule has 170 valence electrons. The summed E-state index contributed by atoms with van der Waals surface area (Å²) in [6, 6.07) is 14.8. The van der Waals surface area contributed by atoms with Crippen molar-refractivity contribution in [1.82, 2.24) is 9.38 Å². The first-order valence-electron chi connectivity index (χ1n) is 11.2. The molecule has 0 aliphatic carbocycles. The number of hydrogen-bond acceptors (Lipinski definition) is 6. The Morgan fingerprint density at radius 2 is 1.91 bits per heavy atom. The molecular formula is C25H32N4O2S. The summed E-state index contributed by atoms with van der Waals surface area (Å²) in [4.78, 5) is 8.11. The van der Waals surface area contributed by atoms with Crippen LogP contribution in [0.15, 0.2) is 42.5 Å². The normalized spacial score (nSPS) is 11.6. The van der Waals surface area contributed by atoms with Crippen molar-refractivity contribution >= 4 is 38.0 Å². The molecule has 2 heterocycles. The summed E-state index contributed by atoms with van der Waals surface area (Å²) < 4.78 is 14.8. The predicted octanol–water partition coefficient (Wildman–Crippen LogP) is 5.91. The Hall–Kier alpha value is -2.77. The molecule has 1 N–H and O–H groups in total. The van der Waals surface area contributed by atoms with E-state index in [1.54, 1.807) is 11.3 Å². The maximum absolute atomic E-state index is 5.71. The number of nitrogens with one attached hydrogen (secondary N) is 1. The van der Waals surface area contributed by atoms with E-state index in [2.05, 4.69) is 79.0 Å². The maximum atomic E-state index is 5.71. The largest absolute Gasteiger partial charge is 0.494 e. The van der Waals surface area contributed by atoms with Crippen molar-refractivity contribution in [3.05, 3.63) is 42.5 Å². The van der Waals surface area contributed by atoms with Gasteiger partial charge in [-0.25, -0.2) is 4.98 Å². The Balaban J connectivity index is 1.72. The summed E-state index contributed by atoms with van der Waals surface area (Å²) in [7, 11) is 4.10. The number of thiazole rings is 1. The zero-order valence-electron chi connectivity index (χ0n) is 19.5. The summed E-state index contributed by atoms with van der Waals surface area (Å²) in [6.45, 7) is 8.35. The van der Waals surface area contributed by atoms with Crippen LogP contribution in [0.25, 0.3) is 26.4 Å². The number of hydrogen-bond donors (Lipinski definition) is 1. The number of benzene rings is 2. The lowest BCUT2D eigenvalue weighted by molar-refractivity contribution is 0.0787. The lowest BCUT2D eigenvalue weighted by Gasteiger charge is -2.13.